The summed E-state index contributed by atoms with van der Waals surface area (Å²) in [6.07, 6.45) is 0.747. The maximum Gasteiger partial charge on any atom is 0.151 e. The van der Waals surface area contributed by atoms with Crippen molar-refractivity contribution < 1.29 is 13.5 Å². The molecule has 1 aliphatic heterocycles. The zero-order valence-corrected chi connectivity index (χ0v) is 8.70. The van der Waals surface area contributed by atoms with E-state index in [9.17, 15) is 8.42 Å². The smallest absolute Gasteiger partial charge is 0.151 e. The van der Waals surface area contributed by atoms with E-state index in [1.165, 1.54) is 0 Å². The van der Waals surface area contributed by atoms with E-state index in [4.69, 9.17) is 5.11 Å². The van der Waals surface area contributed by atoms with Crippen molar-refractivity contribution >= 4 is 21.6 Å². The Morgan fingerprint density at radius 2 is 2.33 bits per heavy atom. The summed E-state index contributed by atoms with van der Waals surface area (Å²) in [5, 5.41) is 9.12. The van der Waals surface area contributed by atoms with Crippen LogP contribution in [0.15, 0.2) is 0 Å². The van der Waals surface area contributed by atoms with E-state index in [1.807, 2.05) is 6.92 Å². The molecule has 1 rings (SSSR count). The molecule has 1 heterocycles. The Morgan fingerprint density at radius 1 is 1.67 bits per heavy atom. The summed E-state index contributed by atoms with van der Waals surface area (Å²) >= 11 is 1.58. The van der Waals surface area contributed by atoms with E-state index in [0.717, 1.165) is 6.42 Å². The second-order valence-corrected chi connectivity index (χ2v) is 7.13. The van der Waals surface area contributed by atoms with Gasteiger partial charge in [0, 0.05) is 10.5 Å². The fraction of sp³-hybridized carbons (Fsp3) is 1.00. The lowest BCUT2D eigenvalue weighted by molar-refractivity contribution is 0.300. The predicted molar refractivity (Wildman–Crippen MR) is 51.2 cm³/mol. The van der Waals surface area contributed by atoms with Crippen LogP contribution >= 0.6 is 11.8 Å². The third-order valence-corrected chi connectivity index (χ3v) is 5.25. The molecule has 5 heteroatoms. The minimum Gasteiger partial charge on any atom is -0.395 e. The van der Waals surface area contributed by atoms with Crippen LogP contribution in [-0.2, 0) is 9.84 Å². The zero-order valence-electron chi connectivity index (χ0n) is 7.06. The van der Waals surface area contributed by atoms with Crippen molar-refractivity contribution in [3.8, 4) is 0 Å². The second kappa shape index (κ2) is 3.98. The molecule has 0 bridgehead atoms. The molecule has 3 nitrogen and oxygen atoms in total. The number of rotatable bonds is 3. The van der Waals surface area contributed by atoms with Gasteiger partial charge in [-0.3, -0.25) is 0 Å². The number of aliphatic hydroxyl groups is 1. The number of thioether (sulfide) groups is 1. The van der Waals surface area contributed by atoms with Gasteiger partial charge in [-0.1, -0.05) is 6.92 Å². The second-order valence-electron chi connectivity index (χ2n) is 3.15. The van der Waals surface area contributed by atoms with Crippen molar-refractivity contribution in [3.63, 3.8) is 0 Å². The van der Waals surface area contributed by atoms with Gasteiger partial charge in [0.05, 0.1) is 18.1 Å². The van der Waals surface area contributed by atoms with Crippen LogP contribution in [0.2, 0.25) is 0 Å². The number of hydrogen-bond acceptors (Lipinski definition) is 4. The molecular weight excluding hydrogens is 196 g/mol. The van der Waals surface area contributed by atoms with Crippen molar-refractivity contribution in [2.75, 3.05) is 18.1 Å². The van der Waals surface area contributed by atoms with E-state index in [1.54, 1.807) is 11.8 Å². The molecule has 0 aliphatic carbocycles. The Bertz CT molecular complexity index is 235. The van der Waals surface area contributed by atoms with Crippen LogP contribution in [-0.4, -0.2) is 42.1 Å². The molecule has 1 saturated heterocycles. The molecule has 0 amide bonds. The molecule has 0 saturated carbocycles. The fourth-order valence-electron chi connectivity index (χ4n) is 1.24. The highest BCUT2D eigenvalue weighted by atomic mass is 32.2. The fourth-order valence-corrected chi connectivity index (χ4v) is 4.87. The SMILES string of the molecule is CC(CO)SC1CCS(=O)(=O)C1. The molecular formula is C7H14O3S2. The highest BCUT2D eigenvalue weighted by Gasteiger charge is 2.29. The molecule has 2 unspecified atom stereocenters. The van der Waals surface area contributed by atoms with E-state index >= 15 is 0 Å². The maximum absolute atomic E-state index is 11.0. The molecule has 2 atom stereocenters. The van der Waals surface area contributed by atoms with Crippen molar-refractivity contribution in [1.29, 1.82) is 0 Å². The molecule has 1 N–H and O–H groups in total. The average molecular weight is 210 g/mol. The van der Waals surface area contributed by atoms with Crippen molar-refractivity contribution in [2.24, 2.45) is 0 Å². The lowest BCUT2D eigenvalue weighted by atomic mass is 10.4. The quantitative estimate of drug-likeness (QED) is 0.727. The molecule has 12 heavy (non-hydrogen) atoms. The highest BCUT2D eigenvalue weighted by Crippen LogP contribution is 2.27. The lowest BCUT2D eigenvalue weighted by Crippen LogP contribution is -2.12. The van der Waals surface area contributed by atoms with Crippen LogP contribution in [0.3, 0.4) is 0 Å². The largest absolute Gasteiger partial charge is 0.395 e. The third-order valence-electron chi connectivity index (χ3n) is 1.87. The van der Waals surface area contributed by atoms with Crippen LogP contribution in [0.4, 0.5) is 0 Å². The average Bonchev–Trinajstić information content (AvgIpc) is 2.30. The lowest BCUT2D eigenvalue weighted by Gasteiger charge is -2.11. The summed E-state index contributed by atoms with van der Waals surface area (Å²) in [7, 11) is -2.75. The first-order valence-corrected chi connectivity index (χ1v) is 6.76. The van der Waals surface area contributed by atoms with Crippen LogP contribution in [0, 0.1) is 0 Å². The van der Waals surface area contributed by atoms with Gasteiger partial charge in [-0.05, 0) is 6.42 Å². The Morgan fingerprint density at radius 3 is 2.75 bits per heavy atom. The van der Waals surface area contributed by atoms with E-state index < -0.39 is 9.84 Å². The summed E-state index contributed by atoms with van der Waals surface area (Å²) in [6.45, 7) is 2.04. The molecule has 1 fully saturated rings. The van der Waals surface area contributed by atoms with E-state index in [-0.39, 0.29) is 17.1 Å². The first-order valence-electron chi connectivity index (χ1n) is 4.00. The van der Waals surface area contributed by atoms with E-state index in [0.29, 0.717) is 11.5 Å². The molecule has 0 radical (unpaired) electrons. The van der Waals surface area contributed by atoms with Crippen LogP contribution in [0.1, 0.15) is 13.3 Å². The maximum atomic E-state index is 11.0. The monoisotopic (exact) mass is 210 g/mol. The van der Waals surface area contributed by atoms with Crippen molar-refractivity contribution in [1.82, 2.24) is 0 Å². The number of sulfone groups is 1. The van der Waals surface area contributed by atoms with Gasteiger partial charge in [-0.25, -0.2) is 8.42 Å². The van der Waals surface area contributed by atoms with Crippen LogP contribution in [0.5, 0.6) is 0 Å². The van der Waals surface area contributed by atoms with Crippen molar-refractivity contribution in [2.45, 2.75) is 23.8 Å². The minimum atomic E-state index is -2.75. The minimum absolute atomic E-state index is 0.126. The molecule has 1 aliphatic rings. The Hall–Kier alpha value is 0.260. The summed E-state index contributed by atoms with van der Waals surface area (Å²) in [5.74, 6) is 0.616. The summed E-state index contributed by atoms with van der Waals surface area (Å²) in [4.78, 5) is 0. The third kappa shape index (κ3) is 2.95. The summed E-state index contributed by atoms with van der Waals surface area (Å²) in [6, 6.07) is 0. The van der Waals surface area contributed by atoms with Gasteiger partial charge in [-0.2, -0.15) is 11.8 Å². The topological polar surface area (TPSA) is 54.4 Å². The summed E-state index contributed by atoms with van der Waals surface area (Å²) in [5.41, 5.74) is 0. The zero-order chi connectivity index (χ0) is 9.19. The Labute approximate surface area is 77.5 Å². The molecule has 0 aromatic rings. The normalized spacial score (nSPS) is 30.3. The molecule has 0 aromatic heterocycles. The molecule has 72 valence electrons. The van der Waals surface area contributed by atoms with E-state index in [2.05, 4.69) is 0 Å². The predicted octanol–water partition coefficient (Wildman–Crippen LogP) is 0.288. The molecule has 0 spiro atoms. The van der Waals surface area contributed by atoms with Gasteiger partial charge in [0.25, 0.3) is 0 Å². The first kappa shape index (κ1) is 10.3. The number of hydrogen-bond donors (Lipinski definition) is 1. The van der Waals surface area contributed by atoms with Gasteiger partial charge in [-0.15, -0.1) is 0 Å². The standard InChI is InChI=1S/C7H14O3S2/c1-6(4-8)11-7-2-3-12(9,10)5-7/h6-8H,2-5H2,1H3. The van der Waals surface area contributed by atoms with Gasteiger partial charge >= 0.3 is 0 Å². The van der Waals surface area contributed by atoms with Gasteiger partial charge < -0.3 is 5.11 Å². The number of aliphatic hydroxyl groups excluding tert-OH is 1. The van der Waals surface area contributed by atoms with Crippen LogP contribution in [0.25, 0.3) is 0 Å². The van der Waals surface area contributed by atoms with Crippen molar-refractivity contribution in [3.05, 3.63) is 0 Å². The Kier molecular flexibility index (Phi) is 3.43. The summed E-state index contributed by atoms with van der Waals surface area (Å²) < 4.78 is 22.1. The highest BCUT2D eigenvalue weighted by molar-refractivity contribution is 8.02. The van der Waals surface area contributed by atoms with Gasteiger partial charge in [0.2, 0.25) is 0 Å². The van der Waals surface area contributed by atoms with Gasteiger partial charge in [0.1, 0.15) is 0 Å². The Balaban J connectivity index is 2.38. The molecule has 0 aromatic carbocycles. The van der Waals surface area contributed by atoms with Gasteiger partial charge in [0.15, 0.2) is 9.84 Å². The van der Waals surface area contributed by atoms with Crippen LogP contribution < -0.4 is 0 Å². The first-order chi connectivity index (χ1) is 5.53.